The number of thiazole rings is 1. The number of aromatic nitrogens is 1. The molecule has 8 heteroatoms. The summed E-state index contributed by atoms with van der Waals surface area (Å²) in [5.74, 6) is 3.56. The van der Waals surface area contributed by atoms with E-state index in [2.05, 4.69) is 10.9 Å². The lowest BCUT2D eigenvalue weighted by molar-refractivity contribution is -0.117. The number of hydrogen-bond donors (Lipinski definition) is 0. The van der Waals surface area contributed by atoms with E-state index in [0.29, 0.717) is 27.2 Å². The molecule has 2 heterocycles. The molecule has 0 radical (unpaired) electrons. The predicted molar refractivity (Wildman–Crippen MR) is 105 cm³/mol. The van der Waals surface area contributed by atoms with E-state index in [1.165, 1.54) is 22.7 Å². The monoisotopic (exact) mass is 406 g/mol. The van der Waals surface area contributed by atoms with Gasteiger partial charge in [0, 0.05) is 17.0 Å². The van der Waals surface area contributed by atoms with Crippen LogP contribution in [0, 0.1) is 12.3 Å². The summed E-state index contributed by atoms with van der Waals surface area (Å²) in [5.41, 5.74) is 0.844. The van der Waals surface area contributed by atoms with E-state index in [4.69, 9.17) is 27.5 Å². The van der Waals surface area contributed by atoms with Gasteiger partial charge in [-0.2, -0.15) is 4.99 Å². The largest absolute Gasteiger partial charge is 0.493 e. The maximum absolute atomic E-state index is 12.4. The molecule has 2 aromatic heterocycles. The molecule has 0 fully saturated rings. The van der Waals surface area contributed by atoms with Gasteiger partial charge >= 0.3 is 0 Å². The summed E-state index contributed by atoms with van der Waals surface area (Å²) in [6.45, 7) is 0.298. The lowest BCUT2D eigenvalue weighted by atomic mass is 10.3. The average molecular weight is 407 g/mol. The van der Waals surface area contributed by atoms with Crippen molar-refractivity contribution in [3.05, 3.63) is 38.3 Å². The van der Waals surface area contributed by atoms with E-state index < -0.39 is 0 Å². The molecule has 0 atom stereocenters. The molecule has 1 amide bonds. The molecule has 0 saturated heterocycles. The molecule has 0 saturated carbocycles. The molecule has 0 spiro atoms. The van der Waals surface area contributed by atoms with Crippen molar-refractivity contribution in [3.63, 3.8) is 0 Å². The summed E-state index contributed by atoms with van der Waals surface area (Å²) in [6, 6.07) is 7.29. The number of carbonyl (C=O) groups excluding carboxylic acids is 1. The highest BCUT2D eigenvalue weighted by Gasteiger charge is 2.13. The van der Waals surface area contributed by atoms with Gasteiger partial charge in [0.05, 0.1) is 41.7 Å². The Balaban J connectivity index is 2.07. The third-order valence-electron chi connectivity index (χ3n) is 3.61. The molecule has 0 unspecified atom stereocenters. The van der Waals surface area contributed by atoms with E-state index in [0.717, 1.165) is 15.1 Å². The second-order valence-electron chi connectivity index (χ2n) is 5.24. The number of amides is 1. The van der Waals surface area contributed by atoms with Crippen molar-refractivity contribution in [3.8, 4) is 23.8 Å². The highest BCUT2D eigenvalue weighted by molar-refractivity contribution is 7.16. The molecule has 1 aromatic carbocycles. The Labute approximate surface area is 163 Å². The van der Waals surface area contributed by atoms with Crippen LogP contribution in [0.2, 0.25) is 4.34 Å². The smallest absolute Gasteiger partial charge is 0.253 e. The first-order chi connectivity index (χ1) is 12.5. The van der Waals surface area contributed by atoms with Gasteiger partial charge in [-0.25, -0.2) is 0 Å². The van der Waals surface area contributed by atoms with Crippen molar-refractivity contribution in [2.75, 3.05) is 14.2 Å². The third kappa shape index (κ3) is 3.78. The number of methoxy groups -OCH3 is 2. The summed E-state index contributed by atoms with van der Waals surface area (Å²) in [6.07, 6.45) is 5.70. The summed E-state index contributed by atoms with van der Waals surface area (Å²) >= 11 is 8.66. The van der Waals surface area contributed by atoms with Gasteiger partial charge in [-0.15, -0.1) is 17.8 Å². The minimum atomic E-state index is -0.250. The third-order valence-corrected chi connectivity index (χ3v) is 5.88. The fourth-order valence-corrected chi connectivity index (χ4v) is 4.60. The van der Waals surface area contributed by atoms with Crippen LogP contribution in [0.4, 0.5) is 0 Å². The number of thiophene rings is 1. The van der Waals surface area contributed by atoms with E-state index in [1.807, 2.05) is 22.8 Å². The Morgan fingerprint density at radius 3 is 2.62 bits per heavy atom. The first-order valence-corrected chi connectivity index (χ1v) is 9.57. The number of hydrogen-bond acceptors (Lipinski definition) is 5. The van der Waals surface area contributed by atoms with Crippen LogP contribution in [-0.2, 0) is 17.8 Å². The minimum Gasteiger partial charge on any atom is -0.493 e. The number of benzene rings is 1. The molecule has 3 rings (SSSR count). The zero-order valence-corrected chi connectivity index (χ0v) is 16.5. The molecule has 134 valence electrons. The van der Waals surface area contributed by atoms with Crippen molar-refractivity contribution in [1.29, 1.82) is 0 Å². The van der Waals surface area contributed by atoms with E-state index in [1.54, 1.807) is 20.3 Å². The van der Waals surface area contributed by atoms with Crippen molar-refractivity contribution < 1.29 is 14.3 Å². The number of ether oxygens (including phenoxy) is 2. The molecule has 0 bridgehead atoms. The van der Waals surface area contributed by atoms with Gasteiger partial charge in [0.15, 0.2) is 16.3 Å². The first kappa shape index (κ1) is 18.5. The van der Waals surface area contributed by atoms with E-state index >= 15 is 0 Å². The van der Waals surface area contributed by atoms with Crippen molar-refractivity contribution in [1.82, 2.24) is 4.57 Å². The molecule has 5 nitrogen and oxygen atoms in total. The molecule has 0 aliphatic heterocycles. The fourth-order valence-electron chi connectivity index (χ4n) is 2.47. The highest BCUT2D eigenvalue weighted by Crippen LogP contribution is 2.33. The van der Waals surface area contributed by atoms with Crippen LogP contribution in [0.5, 0.6) is 11.5 Å². The standard InChI is InChI=1S/C18H15ClN2O3S2/c1-4-7-21-12-9-13(23-2)14(24-3)10-15(12)26-18(21)20-17(22)8-11-5-6-16(19)25-11/h1,5-6,9-10H,7-8H2,2-3H3. The molecule has 0 aliphatic carbocycles. The number of fused-ring (bicyclic) bond motifs is 1. The Bertz CT molecular complexity index is 1070. The number of rotatable bonds is 5. The second kappa shape index (κ2) is 7.96. The molecular weight excluding hydrogens is 392 g/mol. The van der Waals surface area contributed by atoms with Gasteiger partial charge in [-0.3, -0.25) is 4.79 Å². The molecule has 0 N–H and O–H groups in total. The van der Waals surface area contributed by atoms with E-state index in [9.17, 15) is 4.79 Å². The van der Waals surface area contributed by atoms with Gasteiger partial charge in [0.2, 0.25) is 0 Å². The summed E-state index contributed by atoms with van der Waals surface area (Å²) < 4.78 is 14.1. The zero-order valence-electron chi connectivity index (χ0n) is 14.1. The molecular formula is C18H15ClN2O3S2. The van der Waals surface area contributed by atoms with Crippen LogP contribution >= 0.6 is 34.3 Å². The van der Waals surface area contributed by atoms with Crippen LogP contribution in [-0.4, -0.2) is 24.7 Å². The van der Waals surface area contributed by atoms with Gasteiger partial charge in [0.25, 0.3) is 5.91 Å². The average Bonchev–Trinajstić information content (AvgIpc) is 3.17. The highest BCUT2D eigenvalue weighted by atomic mass is 35.5. The van der Waals surface area contributed by atoms with Crippen LogP contribution in [0.1, 0.15) is 4.88 Å². The van der Waals surface area contributed by atoms with Crippen LogP contribution in [0.15, 0.2) is 29.3 Å². The maximum atomic E-state index is 12.4. The number of nitrogens with zero attached hydrogens (tertiary/aromatic N) is 2. The van der Waals surface area contributed by atoms with Gasteiger partial charge < -0.3 is 14.0 Å². The van der Waals surface area contributed by atoms with Gasteiger partial charge in [-0.1, -0.05) is 28.9 Å². The molecule has 3 aromatic rings. The summed E-state index contributed by atoms with van der Waals surface area (Å²) in [7, 11) is 3.15. The topological polar surface area (TPSA) is 52.8 Å². The summed E-state index contributed by atoms with van der Waals surface area (Å²) in [5, 5.41) is 0. The Morgan fingerprint density at radius 1 is 1.27 bits per heavy atom. The minimum absolute atomic E-state index is 0.203. The number of carbonyl (C=O) groups is 1. The van der Waals surface area contributed by atoms with Crippen molar-refractivity contribution in [2.45, 2.75) is 13.0 Å². The SMILES string of the molecule is C#CCn1c(=NC(=O)Cc2ccc(Cl)s2)sc2cc(OC)c(OC)cc21. The van der Waals surface area contributed by atoms with Gasteiger partial charge in [-0.05, 0) is 12.1 Å². The fraction of sp³-hybridized carbons (Fsp3) is 0.222. The number of halogens is 1. The lowest BCUT2D eigenvalue weighted by Crippen LogP contribution is -2.17. The number of terminal acetylenes is 1. The van der Waals surface area contributed by atoms with Crippen LogP contribution in [0.3, 0.4) is 0 Å². The molecule has 0 aliphatic rings. The first-order valence-electron chi connectivity index (χ1n) is 7.56. The molecule has 26 heavy (non-hydrogen) atoms. The van der Waals surface area contributed by atoms with Crippen LogP contribution in [0.25, 0.3) is 10.2 Å². The maximum Gasteiger partial charge on any atom is 0.253 e. The zero-order chi connectivity index (χ0) is 18.7. The van der Waals surface area contributed by atoms with Crippen molar-refractivity contribution >= 4 is 50.4 Å². The van der Waals surface area contributed by atoms with Crippen molar-refractivity contribution in [2.24, 2.45) is 4.99 Å². The van der Waals surface area contributed by atoms with Gasteiger partial charge in [0.1, 0.15) is 0 Å². The Hall–Kier alpha value is -2.27. The Morgan fingerprint density at radius 2 is 2.00 bits per heavy atom. The second-order valence-corrected chi connectivity index (χ2v) is 8.05. The predicted octanol–water partition coefficient (Wildman–Crippen LogP) is 3.74. The quantitative estimate of drug-likeness (QED) is 0.606. The normalized spacial score (nSPS) is 11.5. The van der Waals surface area contributed by atoms with E-state index in [-0.39, 0.29) is 12.3 Å². The van der Waals surface area contributed by atoms with Crippen LogP contribution < -0.4 is 14.3 Å². The Kier molecular flexibility index (Phi) is 5.67. The lowest BCUT2D eigenvalue weighted by Gasteiger charge is -2.08. The summed E-state index contributed by atoms with van der Waals surface area (Å²) in [4.78, 5) is 18.0.